The predicted molar refractivity (Wildman–Crippen MR) is 71.6 cm³/mol. The summed E-state index contributed by atoms with van der Waals surface area (Å²) in [6.45, 7) is 11.3. The van der Waals surface area contributed by atoms with Crippen molar-refractivity contribution in [3.8, 4) is 0 Å². The minimum absolute atomic E-state index is 0.330. The molecule has 0 aromatic heterocycles. The molecule has 0 aliphatic rings. The third-order valence-corrected chi connectivity index (χ3v) is 2.68. The maximum Gasteiger partial charge on any atom is 0.000581 e. The third kappa shape index (κ3) is 5.32. The molecule has 0 saturated carbocycles. The number of benzene rings is 1. The smallest absolute Gasteiger partial charge is 0.000581 e. The van der Waals surface area contributed by atoms with Crippen molar-refractivity contribution in [2.24, 2.45) is 11.3 Å². The van der Waals surface area contributed by atoms with E-state index in [4.69, 9.17) is 0 Å². The van der Waals surface area contributed by atoms with E-state index < -0.39 is 0 Å². The number of hydrogen-bond acceptors (Lipinski definition) is 1. The van der Waals surface area contributed by atoms with E-state index in [1.54, 1.807) is 0 Å². The van der Waals surface area contributed by atoms with Crippen LogP contribution < -0.4 is 5.32 Å². The van der Waals surface area contributed by atoms with Crippen LogP contribution in [-0.2, 0) is 6.42 Å². The summed E-state index contributed by atoms with van der Waals surface area (Å²) in [6.07, 6.45) is 1.14. The highest BCUT2D eigenvalue weighted by atomic mass is 14.9. The molecular weight excluding hydrogens is 194 g/mol. The molecule has 1 heteroatoms. The van der Waals surface area contributed by atoms with Gasteiger partial charge < -0.3 is 5.32 Å². The maximum absolute atomic E-state index is 3.55. The minimum Gasteiger partial charge on any atom is -0.316 e. The normalized spacial score (nSPS) is 12.1. The van der Waals surface area contributed by atoms with E-state index in [2.05, 4.69) is 63.3 Å². The van der Waals surface area contributed by atoms with Crippen LogP contribution >= 0.6 is 0 Å². The molecule has 0 heterocycles. The summed E-state index contributed by atoms with van der Waals surface area (Å²) in [5.41, 5.74) is 1.76. The van der Waals surface area contributed by atoms with Gasteiger partial charge in [0.2, 0.25) is 0 Å². The van der Waals surface area contributed by atoms with Crippen LogP contribution in [0.15, 0.2) is 30.3 Å². The molecule has 1 aromatic carbocycles. The van der Waals surface area contributed by atoms with Gasteiger partial charge in [-0.2, -0.15) is 0 Å². The van der Waals surface area contributed by atoms with Crippen LogP contribution in [0.2, 0.25) is 0 Å². The molecule has 0 amide bonds. The molecule has 90 valence electrons. The van der Waals surface area contributed by atoms with Crippen molar-refractivity contribution < 1.29 is 0 Å². The van der Waals surface area contributed by atoms with Gasteiger partial charge in [-0.1, -0.05) is 58.0 Å². The monoisotopic (exact) mass is 219 g/mol. The topological polar surface area (TPSA) is 12.0 Å². The summed E-state index contributed by atoms with van der Waals surface area (Å²) < 4.78 is 0. The van der Waals surface area contributed by atoms with Crippen LogP contribution in [0.5, 0.6) is 0 Å². The number of nitrogens with one attached hydrogen (secondary N) is 1. The van der Waals surface area contributed by atoms with Crippen LogP contribution in [0.4, 0.5) is 0 Å². The Morgan fingerprint density at radius 2 is 1.75 bits per heavy atom. The Morgan fingerprint density at radius 3 is 2.31 bits per heavy atom. The lowest BCUT2D eigenvalue weighted by atomic mass is 9.85. The van der Waals surface area contributed by atoms with Gasteiger partial charge in [-0.15, -0.1) is 0 Å². The second kappa shape index (κ2) is 6.05. The molecule has 1 nitrogen and oxygen atoms in total. The van der Waals surface area contributed by atoms with Gasteiger partial charge in [0.05, 0.1) is 0 Å². The van der Waals surface area contributed by atoms with Crippen molar-refractivity contribution in [3.63, 3.8) is 0 Å². The molecule has 16 heavy (non-hydrogen) atoms. The Hall–Kier alpha value is -0.820. The SMILES string of the molecule is CC(C)CNCC(C)(C)Cc1ccccc1. The van der Waals surface area contributed by atoms with Crippen molar-refractivity contribution in [2.45, 2.75) is 34.1 Å². The highest BCUT2D eigenvalue weighted by Gasteiger charge is 2.17. The molecule has 0 aliphatic heterocycles. The first kappa shape index (κ1) is 13.2. The van der Waals surface area contributed by atoms with Gasteiger partial charge in [-0.25, -0.2) is 0 Å². The van der Waals surface area contributed by atoms with Gasteiger partial charge in [-0.3, -0.25) is 0 Å². The van der Waals surface area contributed by atoms with E-state index >= 15 is 0 Å². The molecule has 0 fully saturated rings. The van der Waals surface area contributed by atoms with Gasteiger partial charge in [0.1, 0.15) is 0 Å². The fourth-order valence-corrected chi connectivity index (χ4v) is 1.91. The summed E-state index contributed by atoms with van der Waals surface area (Å²) in [7, 11) is 0. The molecule has 0 spiro atoms. The minimum atomic E-state index is 0.330. The van der Waals surface area contributed by atoms with Crippen molar-refractivity contribution in [2.75, 3.05) is 13.1 Å². The lowest BCUT2D eigenvalue weighted by molar-refractivity contribution is 0.330. The van der Waals surface area contributed by atoms with Crippen LogP contribution in [-0.4, -0.2) is 13.1 Å². The molecule has 1 rings (SSSR count). The Balaban J connectivity index is 2.39. The van der Waals surface area contributed by atoms with Crippen LogP contribution in [0.3, 0.4) is 0 Å². The summed E-state index contributed by atoms with van der Waals surface area (Å²) in [4.78, 5) is 0. The molecule has 0 aliphatic carbocycles. The molecular formula is C15H25N. The quantitative estimate of drug-likeness (QED) is 0.772. The van der Waals surface area contributed by atoms with E-state index in [1.807, 2.05) is 0 Å². The second-order valence-corrected chi connectivity index (χ2v) is 5.85. The van der Waals surface area contributed by atoms with Gasteiger partial charge in [0.25, 0.3) is 0 Å². The van der Waals surface area contributed by atoms with E-state index in [1.165, 1.54) is 5.56 Å². The van der Waals surface area contributed by atoms with Crippen LogP contribution in [0.1, 0.15) is 33.3 Å². The lowest BCUT2D eigenvalue weighted by Gasteiger charge is -2.25. The zero-order valence-corrected chi connectivity index (χ0v) is 11.1. The van der Waals surface area contributed by atoms with Gasteiger partial charge in [-0.05, 0) is 29.9 Å². The molecule has 0 radical (unpaired) electrons. The first-order valence-electron chi connectivity index (χ1n) is 6.24. The Kier molecular flexibility index (Phi) is 5.01. The highest BCUT2D eigenvalue weighted by molar-refractivity contribution is 5.16. The van der Waals surface area contributed by atoms with Crippen LogP contribution in [0.25, 0.3) is 0 Å². The van der Waals surface area contributed by atoms with Gasteiger partial charge >= 0.3 is 0 Å². The summed E-state index contributed by atoms with van der Waals surface area (Å²) in [5.74, 6) is 0.729. The van der Waals surface area contributed by atoms with Gasteiger partial charge in [0.15, 0.2) is 0 Å². The third-order valence-electron chi connectivity index (χ3n) is 2.68. The van der Waals surface area contributed by atoms with E-state index in [0.717, 1.165) is 25.4 Å². The largest absolute Gasteiger partial charge is 0.316 e. The standard InChI is InChI=1S/C15H25N/c1-13(2)11-16-12-15(3,4)10-14-8-6-5-7-9-14/h5-9,13,16H,10-12H2,1-4H3. The lowest BCUT2D eigenvalue weighted by Crippen LogP contribution is -2.33. The molecule has 1 aromatic rings. The zero-order chi connectivity index (χ0) is 12.0. The highest BCUT2D eigenvalue weighted by Crippen LogP contribution is 2.20. The molecule has 1 N–H and O–H groups in total. The molecule has 0 bridgehead atoms. The molecule has 0 unspecified atom stereocenters. The summed E-state index contributed by atoms with van der Waals surface area (Å²) in [6, 6.07) is 10.7. The van der Waals surface area contributed by atoms with E-state index in [-0.39, 0.29) is 0 Å². The molecule has 0 saturated heterocycles. The number of hydrogen-bond donors (Lipinski definition) is 1. The van der Waals surface area contributed by atoms with Crippen LogP contribution in [0, 0.1) is 11.3 Å². The van der Waals surface area contributed by atoms with Crippen molar-refractivity contribution >= 4 is 0 Å². The predicted octanol–water partition coefficient (Wildman–Crippen LogP) is 3.50. The first-order chi connectivity index (χ1) is 7.49. The Bertz CT molecular complexity index is 288. The summed E-state index contributed by atoms with van der Waals surface area (Å²) >= 11 is 0. The average molecular weight is 219 g/mol. The second-order valence-electron chi connectivity index (χ2n) is 5.85. The number of rotatable bonds is 6. The van der Waals surface area contributed by atoms with E-state index in [9.17, 15) is 0 Å². The summed E-state index contributed by atoms with van der Waals surface area (Å²) in [5, 5.41) is 3.55. The van der Waals surface area contributed by atoms with E-state index in [0.29, 0.717) is 5.41 Å². The molecule has 0 atom stereocenters. The average Bonchev–Trinajstić information content (AvgIpc) is 2.17. The fourth-order valence-electron chi connectivity index (χ4n) is 1.91. The van der Waals surface area contributed by atoms with Crippen molar-refractivity contribution in [1.82, 2.24) is 5.32 Å². The first-order valence-corrected chi connectivity index (χ1v) is 6.24. The Labute approximate surface area is 100 Å². The zero-order valence-electron chi connectivity index (χ0n) is 11.1. The van der Waals surface area contributed by atoms with Crippen molar-refractivity contribution in [1.29, 1.82) is 0 Å². The van der Waals surface area contributed by atoms with Crippen molar-refractivity contribution in [3.05, 3.63) is 35.9 Å². The maximum atomic E-state index is 3.55. The Morgan fingerprint density at radius 1 is 1.12 bits per heavy atom. The fraction of sp³-hybridized carbons (Fsp3) is 0.600. The van der Waals surface area contributed by atoms with Gasteiger partial charge in [0, 0.05) is 6.54 Å².